The molecule has 88 valence electrons. The van der Waals surface area contributed by atoms with E-state index in [1.807, 2.05) is 0 Å². The Morgan fingerprint density at radius 2 is 1.94 bits per heavy atom. The Morgan fingerprint density at radius 3 is 2.53 bits per heavy atom. The first-order valence-electron chi connectivity index (χ1n) is 8.92. The van der Waals surface area contributed by atoms with Crippen molar-refractivity contribution in [3.8, 4) is 11.3 Å². The van der Waals surface area contributed by atoms with Crippen LogP contribution < -0.4 is 0 Å². The smallest absolute Gasteiger partial charge is 0.0705 e. The maximum Gasteiger partial charge on any atom is 0.0705 e. The summed E-state index contributed by atoms with van der Waals surface area (Å²) >= 11 is 0. The highest BCUT2D eigenvalue weighted by Gasteiger charge is 2.06. The fraction of sp³-hybridized carbons (Fsp3) is 0.312. The summed E-state index contributed by atoms with van der Waals surface area (Å²) in [5, 5.41) is 0. The molecule has 2 aromatic rings. The first kappa shape index (κ1) is 5.81. The van der Waals surface area contributed by atoms with Crippen LogP contribution in [0.1, 0.15) is 46.0 Å². The molecular weight excluding hydrogens is 206 g/mol. The molecule has 0 amide bonds. The van der Waals surface area contributed by atoms with Crippen LogP contribution in [-0.2, 0) is 0 Å². The number of hydrogen-bond acceptors (Lipinski definition) is 1. The molecule has 17 heavy (non-hydrogen) atoms. The number of pyridine rings is 1. The molecule has 0 atom stereocenters. The van der Waals surface area contributed by atoms with E-state index in [2.05, 4.69) is 4.98 Å². The van der Waals surface area contributed by atoms with Gasteiger partial charge in [-0.1, -0.05) is 43.7 Å². The first-order valence-corrected chi connectivity index (χ1v) is 5.42. The topological polar surface area (TPSA) is 12.9 Å². The second-order valence-corrected chi connectivity index (χ2v) is 4.19. The lowest BCUT2D eigenvalue weighted by molar-refractivity contribution is 0.852. The SMILES string of the molecule is [2H]C([2H])([2H])c1ccc(-c2cc(C([2H])(C)C)c(C([2H])([2H])[2H])cn2)cc1. The van der Waals surface area contributed by atoms with E-state index in [4.69, 9.17) is 9.60 Å². The van der Waals surface area contributed by atoms with Crippen LogP contribution in [0.25, 0.3) is 11.3 Å². The van der Waals surface area contributed by atoms with Crippen molar-refractivity contribution >= 4 is 0 Å². The molecule has 0 fully saturated rings. The molecule has 0 spiro atoms. The van der Waals surface area contributed by atoms with Crippen molar-refractivity contribution in [2.75, 3.05) is 0 Å². The zero-order valence-electron chi connectivity index (χ0n) is 16.9. The summed E-state index contributed by atoms with van der Waals surface area (Å²) in [6.07, 6.45) is 1.28. The molecule has 0 aliphatic heterocycles. The molecule has 1 heteroatoms. The van der Waals surface area contributed by atoms with E-state index in [9.17, 15) is 0 Å². The average molecular weight is 232 g/mol. The van der Waals surface area contributed by atoms with Gasteiger partial charge in [0, 0.05) is 21.4 Å². The van der Waals surface area contributed by atoms with Gasteiger partial charge in [-0.15, -0.1) is 0 Å². The summed E-state index contributed by atoms with van der Waals surface area (Å²) in [6.45, 7) is -1.27. The van der Waals surface area contributed by atoms with Crippen LogP contribution in [0.4, 0.5) is 0 Å². The molecule has 1 heterocycles. The van der Waals surface area contributed by atoms with Gasteiger partial charge in [0.05, 0.1) is 5.69 Å². The third-order valence-electron chi connectivity index (χ3n) is 2.62. The van der Waals surface area contributed by atoms with Crippen LogP contribution in [0.2, 0.25) is 0 Å². The van der Waals surface area contributed by atoms with Crippen molar-refractivity contribution in [1.82, 2.24) is 4.98 Å². The van der Waals surface area contributed by atoms with Gasteiger partial charge in [-0.3, -0.25) is 4.98 Å². The number of rotatable bonds is 2. The van der Waals surface area contributed by atoms with Crippen molar-refractivity contribution in [1.29, 1.82) is 0 Å². The van der Waals surface area contributed by atoms with Crippen molar-refractivity contribution in [2.24, 2.45) is 0 Å². The summed E-state index contributed by atoms with van der Waals surface area (Å²) in [4.78, 5) is 4.20. The lowest BCUT2D eigenvalue weighted by Gasteiger charge is -2.11. The lowest BCUT2D eigenvalue weighted by Crippen LogP contribution is -1.95. The molecule has 0 saturated carbocycles. The van der Waals surface area contributed by atoms with Crippen molar-refractivity contribution in [2.45, 2.75) is 33.4 Å². The summed E-state index contributed by atoms with van der Waals surface area (Å²) in [5.41, 5.74) is 1.85. The fourth-order valence-corrected chi connectivity index (χ4v) is 1.67. The van der Waals surface area contributed by atoms with Gasteiger partial charge in [0.15, 0.2) is 0 Å². The van der Waals surface area contributed by atoms with E-state index >= 15 is 0 Å². The van der Waals surface area contributed by atoms with Crippen molar-refractivity contribution in [3.05, 3.63) is 53.2 Å². The molecule has 1 aromatic heterocycles. The van der Waals surface area contributed by atoms with Crippen LogP contribution in [0.3, 0.4) is 0 Å². The molecule has 1 aromatic carbocycles. The highest BCUT2D eigenvalue weighted by atomic mass is 14.7. The first-order chi connectivity index (χ1) is 10.8. The van der Waals surface area contributed by atoms with Gasteiger partial charge in [0.25, 0.3) is 0 Å². The minimum atomic E-state index is -2.34. The summed E-state index contributed by atoms with van der Waals surface area (Å²) in [7, 11) is 0. The minimum Gasteiger partial charge on any atom is -0.256 e. The van der Waals surface area contributed by atoms with Crippen molar-refractivity contribution < 1.29 is 9.60 Å². The number of benzene rings is 1. The second kappa shape index (κ2) is 4.70. The Hall–Kier alpha value is -1.63. The Morgan fingerprint density at radius 1 is 1.18 bits per heavy atom. The molecule has 0 saturated heterocycles. The van der Waals surface area contributed by atoms with Gasteiger partial charge in [0.2, 0.25) is 0 Å². The number of aromatic nitrogens is 1. The number of nitrogens with zero attached hydrogens (tertiary/aromatic N) is 1. The second-order valence-electron chi connectivity index (χ2n) is 4.19. The number of aryl methyl sites for hydroxylation is 2. The van der Waals surface area contributed by atoms with Crippen molar-refractivity contribution in [3.63, 3.8) is 0 Å². The average Bonchev–Trinajstić information content (AvgIpc) is 2.44. The van der Waals surface area contributed by atoms with Gasteiger partial charge in [-0.25, -0.2) is 0 Å². The largest absolute Gasteiger partial charge is 0.256 e. The predicted octanol–water partition coefficient (Wildman–Crippen LogP) is 4.49. The van der Waals surface area contributed by atoms with Crippen LogP contribution >= 0.6 is 0 Å². The molecule has 0 aliphatic rings. The van der Waals surface area contributed by atoms with E-state index in [0.29, 0.717) is 16.8 Å². The Labute approximate surface area is 113 Å². The van der Waals surface area contributed by atoms with Crippen LogP contribution in [0.15, 0.2) is 36.5 Å². The molecule has 0 N–H and O–H groups in total. The third kappa shape index (κ3) is 2.55. The Balaban J connectivity index is 2.53. The van der Waals surface area contributed by atoms with E-state index in [0.717, 1.165) is 0 Å². The van der Waals surface area contributed by atoms with E-state index in [1.165, 1.54) is 18.3 Å². The lowest BCUT2D eigenvalue weighted by atomic mass is 9.97. The third-order valence-corrected chi connectivity index (χ3v) is 2.62. The van der Waals surface area contributed by atoms with Gasteiger partial charge >= 0.3 is 0 Å². The van der Waals surface area contributed by atoms with Gasteiger partial charge in [0.1, 0.15) is 0 Å². The molecule has 0 bridgehead atoms. The zero-order chi connectivity index (χ0) is 18.3. The normalized spacial score (nSPS) is 19.1. The molecule has 1 nitrogen and oxygen atoms in total. The number of hydrogen-bond donors (Lipinski definition) is 0. The molecule has 0 unspecified atom stereocenters. The minimum absolute atomic E-state index is 0.0605. The van der Waals surface area contributed by atoms with Gasteiger partial charge in [-0.2, -0.15) is 0 Å². The summed E-state index contributed by atoms with van der Waals surface area (Å²) in [6, 6.07) is 7.89. The molecule has 2 rings (SSSR count). The van der Waals surface area contributed by atoms with E-state index < -0.39 is 19.6 Å². The van der Waals surface area contributed by atoms with Gasteiger partial charge < -0.3 is 0 Å². The molecular formula is C16H19N. The van der Waals surface area contributed by atoms with E-state index in [1.54, 1.807) is 32.0 Å². The fourth-order valence-electron chi connectivity index (χ4n) is 1.67. The summed E-state index contributed by atoms with van der Waals surface area (Å²) < 4.78 is 53.2. The molecule has 0 radical (unpaired) electrons. The van der Waals surface area contributed by atoms with Crippen LogP contribution in [-0.4, -0.2) is 4.98 Å². The standard InChI is InChI=1S/C16H19N/c1-11(2)15-9-16(17-10-13(15)4)14-7-5-12(3)6-8-14/h5-11H,1-4H3/i3D3,4D3,11D. The zero-order valence-corrected chi connectivity index (χ0v) is 9.91. The predicted molar refractivity (Wildman–Crippen MR) is 73.2 cm³/mol. The monoisotopic (exact) mass is 232 g/mol. The highest BCUT2D eigenvalue weighted by Crippen LogP contribution is 2.24. The van der Waals surface area contributed by atoms with Gasteiger partial charge in [-0.05, 0) is 36.8 Å². The Kier molecular flexibility index (Phi) is 1.61. The maximum atomic E-state index is 8.22. The van der Waals surface area contributed by atoms with Crippen LogP contribution in [0.5, 0.6) is 0 Å². The van der Waals surface area contributed by atoms with E-state index in [-0.39, 0.29) is 11.1 Å². The van der Waals surface area contributed by atoms with Crippen LogP contribution in [0, 0.1) is 13.7 Å². The molecule has 0 aliphatic carbocycles. The Bertz CT molecular complexity index is 722. The summed E-state index contributed by atoms with van der Waals surface area (Å²) in [5.74, 6) is -1.10. The maximum absolute atomic E-state index is 8.22. The highest BCUT2D eigenvalue weighted by molar-refractivity contribution is 5.60. The quantitative estimate of drug-likeness (QED) is 0.743.